The summed E-state index contributed by atoms with van der Waals surface area (Å²) in [5.41, 5.74) is 2.05. The van der Waals surface area contributed by atoms with E-state index in [1.807, 2.05) is 43.3 Å². The van der Waals surface area contributed by atoms with Crippen LogP contribution in [0.1, 0.15) is 5.56 Å². The van der Waals surface area contributed by atoms with Gasteiger partial charge in [-0.05, 0) is 52.7 Å². The van der Waals surface area contributed by atoms with E-state index in [1.54, 1.807) is 6.07 Å². The minimum Gasteiger partial charge on any atom is -0.388 e. The van der Waals surface area contributed by atoms with E-state index in [-0.39, 0.29) is 6.01 Å². The van der Waals surface area contributed by atoms with Gasteiger partial charge in [-0.3, -0.25) is 0 Å². The van der Waals surface area contributed by atoms with Gasteiger partial charge in [0.25, 0.3) is 0 Å². The third kappa shape index (κ3) is 2.44. The number of aryl methyl sites for hydroxylation is 1. The standard InChI is InChI=1S/C15H11BrN2O2/c1-9-6-7-10-13(8-9)18-15(20-14(10)19)17-12-5-3-2-4-11(12)16/h2-8H,1H3,(H,17,18). The molecule has 0 amide bonds. The molecule has 0 saturated carbocycles. The second kappa shape index (κ2) is 5.09. The first-order valence-corrected chi connectivity index (χ1v) is 6.86. The van der Waals surface area contributed by atoms with E-state index in [2.05, 4.69) is 26.2 Å². The van der Waals surface area contributed by atoms with E-state index in [0.717, 1.165) is 15.7 Å². The zero-order valence-corrected chi connectivity index (χ0v) is 12.3. The van der Waals surface area contributed by atoms with Gasteiger partial charge in [0, 0.05) is 4.47 Å². The SMILES string of the molecule is Cc1ccc2c(=O)oc(Nc3ccccc3Br)nc2c1. The molecule has 0 radical (unpaired) electrons. The molecule has 0 aliphatic carbocycles. The largest absolute Gasteiger partial charge is 0.388 e. The summed E-state index contributed by atoms with van der Waals surface area (Å²) in [5.74, 6) is 0. The highest BCUT2D eigenvalue weighted by molar-refractivity contribution is 9.10. The number of para-hydroxylation sites is 1. The Bertz CT molecular complexity index is 843. The lowest BCUT2D eigenvalue weighted by Gasteiger charge is -2.06. The average molecular weight is 331 g/mol. The number of hydrogen-bond acceptors (Lipinski definition) is 4. The van der Waals surface area contributed by atoms with Crippen molar-refractivity contribution in [2.24, 2.45) is 0 Å². The molecule has 0 spiro atoms. The predicted octanol–water partition coefficient (Wildman–Crippen LogP) is 4.00. The van der Waals surface area contributed by atoms with Crippen LogP contribution in [-0.4, -0.2) is 4.98 Å². The molecule has 0 fully saturated rings. The minimum atomic E-state index is -0.399. The molecular weight excluding hydrogens is 320 g/mol. The Morgan fingerprint density at radius 3 is 2.80 bits per heavy atom. The van der Waals surface area contributed by atoms with Crippen molar-refractivity contribution in [3.8, 4) is 0 Å². The number of anilines is 2. The summed E-state index contributed by atoms with van der Waals surface area (Å²) in [6.45, 7) is 1.95. The second-order valence-electron chi connectivity index (χ2n) is 4.43. The summed E-state index contributed by atoms with van der Waals surface area (Å²) in [5, 5.41) is 3.48. The van der Waals surface area contributed by atoms with Crippen LogP contribution >= 0.6 is 15.9 Å². The molecule has 0 atom stereocenters. The van der Waals surface area contributed by atoms with Gasteiger partial charge in [0.2, 0.25) is 0 Å². The van der Waals surface area contributed by atoms with Gasteiger partial charge in [-0.25, -0.2) is 4.79 Å². The van der Waals surface area contributed by atoms with Crippen LogP contribution in [-0.2, 0) is 0 Å². The molecule has 0 unspecified atom stereocenters. The highest BCUT2D eigenvalue weighted by Crippen LogP contribution is 2.24. The molecule has 2 aromatic carbocycles. The Morgan fingerprint density at radius 1 is 1.20 bits per heavy atom. The van der Waals surface area contributed by atoms with Gasteiger partial charge in [-0.1, -0.05) is 18.2 Å². The topological polar surface area (TPSA) is 55.1 Å². The molecule has 0 aliphatic heterocycles. The van der Waals surface area contributed by atoms with Crippen LogP contribution in [0.15, 0.2) is 56.1 Å². The second-order valence-corrected chi connectivity index (χ2v) is 5.29. The fourth-order valence-electron chi connectivity index (χ4n) is 1.91. The summed E-state index contributed by atoms with van der Waals surface area (Å²) in [6, 6.07) is 13.2. The Labute approximate surface area is 123 Å². The number of benzene rings is 2. The smallest absolute Gasteiger partial charge is 0.348 e. The number of rotatable bonds is 2. The van der Waals surface area contributed by atoms with E-state index in [1.165, 1.54) is 0 Å². The third-order valence-corrected chi connectivity index (χ3v) is 3.59. The highest BCUT2D eigenvalue weighted by atomic mass is 79.9. The van der Waals surface area contributed by atoms with Gasteiger partial charge in [0.15, 0.2) is 0 Å². The molecule has 5 heteroatoms. The maximum Gasteiger partial charge on any atom is 0.348 e. The van der Waals surface area contributed by atoms with Crippen LogP contribution in [0.3, 0.4) is 0 Å². The summed E-state index contributed by atoms with van der Waals surface area (Å²) >= 11 is 3.42. The fraction of sp³-hybridized carbons (Fsp3) is 0.0667. The normalized spacial score (nSPS) is 10.7. The molecule has 20 heavy (non-hydrogen) atoms. The van der Waals surface area contributed by atoms with Crippen molar-refractivity contribution >= 4 is 38.5 Å². The monoisotopic (exact) mass is 330 g/mol. The zero-order valence-electron chi connectivity index (χ0n) is 10.7. The predicted molar refractivity (Wildman–Crippen MR) is 82.4 cm³/mol. The number of nitrogens with zero attached hydrogens (tertiary/aromatic N) is 1. The maximum atomic E-state index is 11.9. The fourth-order valence-corrected chi connectivity index (χ4v) is 2.30. The van der Waals surface area contributed by atoms with Gasteiger partial charge < -0.3 is 9.73 Å². The summed E-state index contributed by atoms with van der Waals surface area (Å²) in [6.07, 6.45) is 0. The third-order valence-electron chi connectivity index (χ3n) is 2.90. The number of halogens is 1. The molecule has 4 nitrogen and oxygen atoms in total. The van der Waals surface area contributed by atoms with Crippen LogP contribution in [0.2, 0.25) is 0 Å². The van der Waals surface area contributed by atoms with Crippen molar-refractivity contribution in [2.75, 3.05) is 5.32 Å². The molecule has 3 aromatic rings. The molecule has 1 N–H and O–H groups in total. The number of hydrogen-bond donors (Lipinski definition) is 1. The molecule has 100 valence electrons. The summed E-state index contributed by atoms with van der Waals surface area (Å²) < 4.78 is 6.06. The van der Waals surface area contributed by atoms with Crippen LogP contribution < -0.4 is 10.9 Å². The van der Waals surface area contributed by atoms with Crippen molar-refractivity contribution in [3.63, 3.8) is 0 Å². The number of aromatic nitrogens is 1. The van der Waals surface area contributed by atoms with Crippen LogP contribution in [0, 0.1) is 6.92 Å². The Balaban J connectivity index is 2.09. The maximum absolute atomic E-state index is 11.9. The Morgan fingerprint density at radius 2 is 2.00 bits per heavy atom. The molecular formula is C15H11BrN2O2. The van der Waals surface area contributed by atoms with Crippen LogP contribution in [0.4, 0.5) is 11.7 Å². The number of fused-ring (bicyclic) bond motifs is 1. The summed E-state index contributed by atoms with van der Waals surface area (Å²) in [7, 11) is 0. The zero-order chi connectivity index (χ0) is 14.1. The van der Waals surface area contributed by atoms with Crippen LogP contribution in [0.25, 0.3) is 10.9 Å². The van der Waals surface area contributed by atoms with Crippen molar-refractivity contribution < 1.29 is 4.42 Å². The van der Waals surface area contributed by atoms with Gasteiger partial charge in [-0.2, -0.15) is 4.98 Å². The lowest BCUT2D eigenvalue weighted by atomic mass is 10.2. The lowest BCUT2D eigenvalue weighted by Crippen LogP contribution is -2.05. The van der Waals surface area contributed by atoms with Crippen LogP contribution in [0.5, 0.6) is 0 Å². The molecule has 0 bridgehead atoms. The van der Waals surface area contributed by atoms with Gasteiger partial charge in [-0.15, -0.1) is 0 Å². The van der Waals surface area contributed by atoms with E-state index in [4.69, 9.17) is 4.42 Å². The molecule has 1 aromatic heterocycles. The Hall–Kier alpha value is -2.14. The van der Waals surface area contributed by atoms with E-state index in [9.17, 15) is 4.79 Å². The molecule has 0 saturated heterocycles. The molecule has 1 heterocycles. The number of nitrogens with one attached hydrogen (secondary N) is 1. The van der Waals surface area contributed by atoms with Gasteiger partial charge in [0.05, 0.1) is 16.6 Å². The molecule has 3 rings (SSSR count). The lowest BCUT2D eigenvalue weighted by molar-refractivity contribution is 0.522. The first-order chi connectivity index (χ1) is 9.63. The van der Waals surface area contributed by atoms with E-state index < -0.39 is 5.63 Å². The Kier molecular flexibility index (Phi) is 3.28. The van der Waals surface area contributed by atoms with E-state index in [0.29, 0.717) is 10.9 Å². The van der Waals surface area contributed by atoms with Crippen molar-refractivity contribution in [1.29, 1.82) is 0 Å². The molecule has 0 aliphatic rings. The minimum absolute atomic E-state index is 0.181. The average Bonchev–Trinajstić information content (AvgIpc) is 2.41. The first-order valence-electron chi connectivity index (χ1n) is 6.06. The van der Waals surface area contributed by atoms with Crippen molar-refractivity contribution in [1.82, 2.24) is 4.98 Å². The first kappa shape index (κ1) is 12.9. The summed E-state index contributed by atoms with van der Waals surface area (Å²) in [4.78, 5) is 16.3. The van der Waals surface area contributed by atoms with Gasteiger partial charge >= 0.3 is 11.6 Å². The van der Waals surface area contributed by atoms with Crippen molar-refractivity contribution in [2.45, 2.75) is 6.92 Å². The quantitative estimate of drug-likeness (QED) is 0.771. The van der Waals surface area contributed by atoms with Gasteiger partial charge in [0.1, 0.15) is 0 Å². The van der Waals surface area contributed by atoms with Crippen molar-refractivity contribution in [3.05, 3.63) is 62.9 Å². The van der Waals surface area contributed by atoms with E-state index >= 15 is 0 Å². The highest BCUT2D eigenvalue weighted by Gasteiger charge is 2.07.